The van der Waals surface area contributed by atoms with Gasteiger partial charge in [0, 0.05) is 5.39 Å². The van der Waals surface area contributed by atoms with E-state index in [1.165, 1.54) is 24.3 Å². The summed E-state index contributed by atoms with van der Waals surface area (Å²) >= 11 is 0. The van der Waals surface area contributed by atoms with Gasteiger partial charge in [-0.2, -0.15) is 43.9 Å². The summed E-state index contributed by atoms with van der Waals surface area (Å²) in [5.41, 5.74) is -0.551. The summed E-state index contributed by atoms with van der Waals surface area (Å²) in [6.45, 7) is 0. The van der Waals surface area contributed by atoms with Crippen molar-refractivity contribution in [1.29, 1.82) is 0 Å². The summed E-state index contributed by atoms with van der Waals surface area (Å²) in [5.74, 6) is -40.1. The quantitative estimate of drug-likeness (QED) is 0.532. The summed E-state index contributed by atoms with van der Waals surface area (Å²) in [6, 6.07) is 6.47. The Bertz CT molecular complexity index is 976. The second-order valence-electron chi connectivity index (χ2n) is 6.09. The number of aromatic nitrogens is 1. The molecular formula is C16H8F12N2O. The summed E-state index contributed by atoms with van der Waals surface area (Å²) in [4.78, 5) is 15.1. The van der Waals surface area contributed by atoms with Gasteiger partial charge in [-0.25, -0.2) is 8.78 Å². The topological polar surface area (TPSA) is 42.0 Å². The summed E-state index contributed by atoms with van der Waals surface area (Å²) in [7, 11) is 0. The van der Waals surface area contributed by atoms with Gasteiger partial charge in [-0.15, -0.1) is 0 Å². The van der Waals surface area contributed by atoms with E-state index in [9.17, 15) is 57.5 Å². The van der Waals surface area contributed by atoms with E-state index < -0.39 is 47.6 Å². The van der Waals surface area contributed by atoms with E-state index in [4.69, 9.17) is 0 Å². The van der Waals surface area contributed by atoms with E-state index in [1.807, 2.05) is 0 Å². The Morgan fingerprint density at radius 2 is 1.39 bits per heavy atom. The largest absolute Gasteiger partial charge is 0.393 e. The molecule has 0 bridgehead atoms. The molecule has 0 aliphatic carbocycles. The zero-order valence-electron chi connectivity index (χ0n) is 14.4. The molecule has 0 aliphatic rings. The maximum absolute atomic E-state index is 13.8. The van der Waals surface area contributed by atoms with Gasteiger partial charge >= 0.3 is 41.9 Å². The Labute approximate surface area is 164 Å². The number of carbonyl (C=O) groups is 1. The number of halogens is 12. The standard InChI is InChI=1S/C16H8F12N2O/c17-10(18)12(19,20)14(23,24)16(27,28)15(25,26)13(21,22)11(31)30-8-5-7-3-1-2-4-9(7)29-6-8/h1-6,10H,(H,30,31). The fourth-order valence-electron chi connectivity index (χ4n) is 2.23. The Morgan fingerprint density at radius 1 is 0.839 bits per heavy atom. The predicted octanol–water partition coefficient (Wildman–Crippen LogP) is 5.61. The van der Waals surface area contributed by atoms with Gasteiger partial charge in [0.25, 0.3) is 0 Å². The van der Waals surface area contributed by atoms with Crippen LogP contribution in [0.5, 0.6) is 0 Å². The van der Waals surface area contributed by atoms with Crippen molar-refractivity contribution in [1.82, 2.24) is 4.98 Å². The van der Waals surface area contributed by atoms with Crippen molar-refractivity contribution in [3.05, 3.63) is 36.5 Å². The highest BCUT2D eigenvalue weighted by atomic mass is 19.4. The van der Waals surface area contributed by atoms with Gasteiger partial charge in [0.15, 0.2) is 0 Å². The SMILES string of the molecule is O=C(Nc1cnc2ccccc2c1)C(F)(F)C(F)(F)C(F)(F)C(F)(F)C(F)(F)C(F)F. The van der Waals surface area contributed by atoms with E-state index >= 15 is 0 Å². The first kappa shape index (κ1) is 24.5. The number of hydrogen-bond acceptors (Lipinski definition) is 2. The molecule has 0 atom stereocenters. The first-order chi connectivity index (χ1) is 13.9. The summed E-state index contributed by atoms with van der Waals surface area (Å²) < 4.78 is 158. The number of pyridine rings is 1. The molecule has 0 spiro atoms. The lowest BCUT2D eigenvalue weighted by molar-refractivity contribution is -0.406. The zero-order valence-corrected chi connectivity index (χ0v) is 14.4. The van der Waals surface area contributed by atoms with Crippen molar-refractivity contribution in [2.75, 3.05) is 5.32 Å². The van der Waals surface area contributed by atoms with Crippen molar-refractivity contribution in [2.24, 2.45) is 0 Å². The van der Waals surface area contributed by atoms with Crippen molar-refractivity contribution < 1.29 is 57.5 Å². The number of alkyl halides is 12. The van der Waals surface area contributed by atoms with E-state index in [1.54, 1.807) is 0 Å². The number of para-hydroxylation sites is 1. The Balaban J connectivity index is 2.41. The molecule has 1 amide bonds. The smallest absolute Gasteiger partial charge is 0.319 e. The van der Waals surface area contributed by atoms with E-state index in [-0.39, 0.29) is 10.9 Å². The Morgan fingerprint density at radius 3 is 1.94 bits per heavy atom. The lowest BCUT2D eigenvalue weighted by Gasteiger charge is -2.38. The molecule has 15 heteroatoms. The molecule has 1 heterocycles. The average molecular weight is 472 g/mol. The molecule has 2 aromatic rings. The van der Waals surface area contributed by atoms with Crippen LogP contribution in [0.1, 0.15) is 0 Å². The van der Waals surface area contributed by atoms with Crippen LogP contribution in [0.2, 0.25) is 0 Å². The van der Waals surface area contributed by atoms with Gasteiger partial charge in [0.05, 0.1) is 17.4 Å². The average Bonchev–Trinajstić information content (AvgIpc) is 2.66. The maximum Gasteiger partial charge on any atom is 0.393 e. The molecule has 0 saturated carbocycles. The van der Waals surface area contributed by atoms with Crippen LogP contribution >= 0.6 is 0 Å². The number of nitrogens with zero attached hydrogens (tertiary/aromatic N) is 1. The van der Waals surface area contributed by atoms with Gasteiger partial charge < -0.3 is 5.32 Å². The molecule has 0 radical (unpaired) electrons. The van der Waals surface area contributed by atoms with E-state index in [0.717, 1.165) is 11.4 Å². The van der Waals surface area contributed by atoms with Crippen LogP contribution in [-0.2, 0) is 4.79 Å². The van der Waals surface area contributed by atoms with Gasteiger partial charge in [-0.05, 0) is 12.1 Å². The van der Waals surface area contributed by atoms with Crippen LogP contribution in [0.4, 0.5) is 58.4 Å². The van der Waals surface area contributed by atoms with Crippen molar-refractivity contribution in [2.45, 2.75) is 36.0 Å². The number of rotatable bonds is 7. The second-order valence-corrected chi connectivity index (χ2v) is 6.09. The molecular weight excluding hydrogens is 464 g/mol. The molecule has 172 valence electrons. The van der Waals surface area contributed by atoms with Crippen LogP contribution in [0.15, 0.2) is 36.5 Å². The third kappa shape index (κ3) is 3.63. The molecule has 1 aromatic carbocycles. The summed E-state index contributed by atoms with van der Waals surface area (Å²) in [5, 5.41) is 1.16. The molecule has 31 heavy (non-hydrogen) atoms. The normalized spacial score (nSPS) is 14.2. The van der Waals surface area contributed by atoms with Gasteiger partial charge in [-0.3, -0.25) is 9.78 Å². The Hall–Kier alpha value is -2.74. The number of nitrogens with one attached hydrogen (secondary N) is 1. The lowest BCUT2D eigenvalue weighted by atomic mass is 9.94. The van der Waals surface area contributed by atoms with E-state index in [0.29, 0.717) is 6.20 Å². The summed E-state index contributed by atoms with van der Waals surface area (Å²) in [6.07, 6.45) is -5.00. The highest BCUT2D eigenvalue weighted by Crippen LogP contribution is 2.58. The second kappa shape index (κ2) is 7.44. The lowest BCUT2D eigenvalue weighted by Crippen LogP contribution is -2.70. The number of amides is 1. The minimum atomic E-state index is -7.78. The highest BCUT2D eigenvalue weighted by molar-refractivity contribution is 5.98. The van der Waals surface area contributed by atoms with E-state index in [2.05, 4.69) is 4.98 Å². The first-order valence-electron chi connectivity index (χ1n) is 7.74. The molecule has 2 rings (SSSR count). The van der Waals surface area contributed by atoms with Crippen molar-refractivity contribution >= 4 is 22.5 Å². The van der Waals surface area contributed by atoms with Crippen LogP contribution in [0, 0.1) is 0 Å². The molecule has 1 aromatic heterocycles. The third-order valence-corrected chi connectivity index (χ3v) is 4.01. The minimum Gasteiger partial charge on any atom is -0.319 e. The van der Waals surface area contributed by atoms with Gasteiger partial charge in [-0.1, -0.05) is 18.2 Å². The van der Waals surface area contributed by atoms with Crippen LogP contribution in [0.25, 0.3) is 10.9 Å². The highest BCUT2D eigenvalue weighted by Gasteiger charge is 2.89. The molecule has 0 saturated heterocycles. The van der Waals surface area contributed by atoms with Crippen LogP contribution in [0.3, 0.4) is 0 Å². The molecule has 3 nitrogen and oxygen atoms in total. The van der Waals surface area contributed by atoms with Crippen molar-refractivity contribution in [3.63, 3.8) is 0 Å². The predicted molar refractivity (Wildman–Crippen MR) is 81.1 cm³/mol. The fraction of sp³-hybridized carbons (Fsp3) is 0.375. The minimum absolute atomic E-state index is 0.142. The van der Waals surface area contributed by atoms with Crippen LogP contribution < -0.4 is 5.32 Å². The van der Waals surface area contributed by atoms with Gasteiger partial charge in [0.2, 0.25) is 0 Å². The number of benzene rings is 1. The Kier molecular flexibility index (Phi) is 5.89. The number of fused-ring (bicyclic) bond motifs is 1. The third-order valence-electron chi connectivity index (χ3n) is 4.01. The number of anilines is 1. The zero-order chi connectivity index (χ0) is 24.0. The molecule has 0 unspecified atom stereocenters. The fourth-order valence-corrected chi connectivity index (χ4v) is 2.23. The van der Waals surface area contributed by atoms with Crippen LogP contribution in [-0.4, -0.2) is 46.9 Å². The van der Waals surface area contributed by atoms with Crippen molar-refractivity contribution in [3.8, 4) is 0 Å². The van der Waals surface area contributed by atoms with Gasteiger partial charge in [0.1, 0.15) is 0 Å². The maximum atomic E-state index is 13.8. The molecule has 0 aliphatic heterocycles. The number of carbonyl (C=O) groups excluding carboxylic acids is 1. The molecule has 1 N–H and O–H groups in total. The first-order valence-corrected chi connectivity index (χ1v) is 7.74. The molecule has 0 fully saturated rings. The monoisotopic (exact) mass is 472 g/mol. The number of hydrogen-bond donors (Lipinski definition) is 1.